The highest BCUT2D eigenvalue weighted by Gasteiger charge is 2.09. The molecule has 1 aromatic rings. The second-order valence-corrected chi connectivity index (χ2v) is 2.85. The number of aldehydes is 1. The number of benzene rings is 1. The molecule has 0 saturated heterocycles. The van der Waals surface area contributed by atoms with Crippen LogP contribution in [-0.2, 0) is 0 Å². The van der Waals surface area contributed by atoms with Crippen LogP contribution in [0.3, 0.4) is 0 Å². The molecule has 0 atom stereocenters. The molecule has 0 aliphatic heterocycles. The third-order valence-corrected chi connectivity index (χ3v) is 1.91. The summed E-state index contributed by atoms with van der Waals surface area (Å²) in [5.41, 5.74) is 6.40. The van der Waals surface area contributed by atoms with E-state index in [1.165, 1.54) is 12.1 Å². The Hall–Kier alpha value is -2.15. The Balaban J connectivity index is 3.47. The lowest BCUT2D eigenvalue weighted by atomic mass is 10.0. The van der Waals surface area contributed by atoms with Crippen LogP contribution in [0.1, 0.15) is 31.8 Å². The summed E-state index contributed by atoms with van der Waals surface area (Å²) >= 11 is 0. The van der Waals surface area contributed by atoms with Gasteiger partial charge in [0.1, 0.15) is 0 Å². The fraction of sp³-hybridized carbons (Fsp3) is 0.100. The molecule has 1 aromatic carbocycles. The Labute approximate surface area is 80.9 Å². The van der Waals surface area contributed by atoms with Crippen LogP contribution in [-0.4, -0.2) is 12.2 Å². The third kappa shape index (κ3) is 1.62. The van der Waals surface area contributed by atoms with Gasteiger partial charge in [-0.1, -0.05) is 0 Å². The van der Waals surface area contributed by atoms with Crippen LogP contribution < -0.4 is 5.73 Å². The molecule has 0 heterocycles. The number of amides is 1. The van der Waals surface area contributed by atoms with Crippen LogP contribution in [0.4, 0.5) is 0 Å². The molecule has 0 radical (unpaired) electrons. The minimum absolute atomic E-state index is 0.187. The number of primary amides is 1. The molecule has 0 aliphatic rings. The first kappa shape index (κ1) is 9.93. The molecule has 0 unspecified atom stereocenters. The van der Waals surface area contributed by atoms with Crippen molar-refractivity contribution >= 4 is 12.2 Å². The van der Waals surface area contributed by atoms with Gasteiger partial charge in [0.2, 0.25) is 5.91 Å². The lowest BCUT2D eigenvalue weighted by Gasteiger charge is -2.03. The van der Waals surface area contributed by atoms with Gasteiger partial charge in [-0.3, -0.25) is 9.59 Å². The average Bonchev–Trinajstić information content (AvgIpc) is 2.16. The van der Waals surface area contributed by atoms with E-state index < -0.39 is 5.91 Å². The Morgan fingerprint density at radius 2 is 2.21 bits per heavy atom. The van der Waals surface area contributed by atoms with Crippen LogP contribution in [0.15, 0.2) is 12.1 Å². The number of nitriles is 1. The van der Waals surface area contributed by atoms with Gasteiger partial charge in [-0.15, -0.1) is 0 Å². The summed E-state index contributed by atoms with van der Waals surface area (Å²) in [5, 5.41) is 8.68. The highest BCUT2D eigenvalue weighted by atomic mass is 16.1. The summed E-state index contributed by atoms with van der Waals surface area (Å²) < 4.78 is 0. The number of carbonyl (C=O) groups is 2. The maximum absolute atomic E-state index is 10.9. The first-order valence-corrected chi connectivity index (χ1v) is 3.90. The fourth-order valence-corrected chi connectivity index (χ4v) is 1.18. The first-order valence-electron chi connectivity index (χ1n) is 3.90. The standard InChI is InChI=1S/C10H8N2O2/c1-6-2-7(4-11)8(5-13)3-9(6)10(12)14/h2-3,5H,1H3,(H2,12,14). The van der Waals surface area contributed by atoms with Crippen LogP contribution in [0.25, 0.3) is 0 Å². The summed E-state index contributed by atoms with van der Waals surface area (Å²) in [7, 11) is 0. The summed E-state index contributed by atoms with van der Waals surface area (Å²) in [6.07, 6.45) is 0.532. The van der Waals surface area contributed by atoms with E-state index in [1.807, 2.05) is 6.07 Å². The summed E-state index contributed by atoms with van der Waals surface area (Å²) in [5.74, 6) is -0.602. The lowest BCUT2D eigenvalue weighted by molar-refractivity contribution is 0.0999. The molecular weight excluding hydrogens is 180 g/mol. The quantitative estimate of drug-likeness (QED) is 0.696. The molecule has 0 spiro atoms. The van der Waals surface area contributed by atoms with Crippen molar-refractivity contribution in [2.45, 2.75) is 6.92 Å². The minimum atomic E-state index is -0.602. The number of hydrogen-bond acceptors (Lipinski definition) is 3. The van der Waals surface area contributed by atoms with Crippen molar-refractivity contribution in [2.75, 3.05) is 0 Å². The fourth-order valence-electron chi connectivity index (χ4n) is 1.18. The van der Waals surface area contributed by atoms with Crippen molar-refractivity contribution in [2.24, 2.45) is 5.73 Å². The molecule has 0 fully saturated rings. The summed E-state index contributed by atoms with van der Waals surface area (Å²) in [6.45, 7) is 1.66. The Morgan fingerprint density at radius 3 is 2.64 bits per heavy atom. The molecule has 1 amide bonds. The zero-order chi connectivity index (χ0) is 10.7. The number of rotatable bonds is 2. The van der Waals surface area contributed by atoms with E-state index in [-0.39, 0.29) is 16.7 Å². The molecule has 4 heteroatoms. The molecule has 0 bridgehead atoms. The Kier molecular flexibility index (Phi) is 2.63. The molecule has 2 N–H and O–H groups in total. The summed E-state index contributed by atoms with van der Waals surface area (Å²) in [6, 6.07) is 4.68. The van der Waals surface area contributed by atoms with E-state index in [1.54, 1.807) is 6.92 Å². The molecule has 70 valence electrons. The molecule has 4 nitrogen and oxygen atoms in total. The Bertz CT molecular complexity index is 443. The van der Waals surface area contributed by atoms with E-state index in [2.05, 4.69) is 0 Å². The Morgan fingerprint density at radius 1 is 1.57 bits per heavy atom. The largest absolute Gasteiger partial charge is 0.366 e. The number of nitrogens with zero attached hydrogens (tertiary/aromatic N) is 1. The van der Waals surface area contributed by atoms with Gasteiger partial charge in [-0.2, -0.15) is 5.26 Å². The van der Waals surface area contributed by atoms with Crippen molar-refractivity contribution in [3.05, 3.63) is 34.4 Å². The maximum Gasteiger partial charge on any atom is 0.248 e. The molecule has 0 aliphatic carbocycles. The minimum Gasteiger partial charge on any atom is -0.366 e. The first-order chi connectivity index (χ1) is 6.60. The number of nitrogens with two attached hydrogens (primary N) is 1. The van der Waals surface area contributed by atoms with Gasteiger partial charge in [0, 0.05) is 11.1 Å². The van der Waals surface area contributed by atoms with Gasteiger partial charge in [-0.05, 0) is 24.6 Å². The highest BCUT2D eigenvalue weighted by Crippen LogP contribution is 2.14. The molecule has 1 rings (SSSR count). The lowest BCUT2D eigenvalue weighted by Crippen LogP contribution is -2.13. The van der Waals surface area contributed by atoms with Crippen molar-refractivity contribution in [1.82, 2.24) is 0 Å². The zero-order valence-corrected chi connectivity index (χ0v) is 7.57. The van der Waals surface area contributed by atoms with E-state index in [0.29, 0.717) is 11.8 Å². The van der Waals surface area contributed by atoms with Gasteiger partial charge in [0.05, 0.1) is 11.6 Å². The van der Waals surface area contributed by atoms with Gasteiger partial charge in [0.25, 0.3) is 0 Å². The second-order valence-electron chi connectivity index (χ2n) is 2.85. The highest BCUT2D eigenvalue weighted by molar-refractivity contribution is 5.96. The van der Waals surface area contributed by atoms with Crippen molar-refractivity contribution < 1.29 is 9.59 Å². The van der Waals surface area contributed by atoms with Crippen molar-refractivity contribution in [3.63, 3.8) is 0 Å². The smallest absolute Gasteiger partial charge is 0.248 e. The molecule has 14 heavy (non-hydrogen) atoms. The SMILES string of the molecule is Cc1cc(C#N)c(C=O)cc1C(N)=O. The molecule has 0 saturated carbocycles. The normalized spacial score (nSPS) is 9.14. The van der Waals surface area contributed by atoms with E-state index in [0.717, 1.165) is 0 Å². The summed E-state index contributed by atoms with van der Waals surface area (Å²) in [4.78, 5) is 21.5. The maximum atomic E-state index is 10.9. The third-order valence-electron chi connectivity index (χ3n) is 1.91. The average molecular weight is 188 g/mol. The van der Waals surface area contributed by atoms with E-state index in [9.17, 15) is 9.59 Å². The topological polar surface area (TPSA) is 83.9 Å². The molecule has 0 aromatic heterocycles. The predicted octanol–water partition coefficient (Wildman–Crippen LogP) is 0.778. The van der Waals surface area contributed by atoms with Gasteiger partial charge in [-0.25, -0.2) is 0 Å². The van der Waals surface area contributed by atoms with Crippen molar-refractivity contribution in [3.8, 4) is 6.07 Å². The monoisotopic (exact) mass is 188 g/mol. The number of hydrogen-bond donors (Lipinski definition) is 1. The van der Waals surface area contributed by atoms with Gasteiger partial charge in [0.15, 0.2) is 6.29 Å². The van der Waals surface area contributed by atoms with E-state index >= 15 is 0 Å². The zero-order valence-electron chi connectivity index (χ0n) is 7.57. The molecular formula is C10H8N2O2. The predicted molar refractivity (Wildman–Crippen MR) is 49.8 cm³/mol. The van der Waals surface area contributed by atoms with Crippen molar-refractivity contribution in [1.29, 1.82) is 5.26 Å². The van der Waals surface area contributed by atoms with Crippen LogP contribution in [0.5, 0.6) is 0 Å². The van der Waals surface area contributed by atoms with Crippen LogP contribution in [0.2, 0.25) is 0 Å². The van der Waals surface area contributed by atoms with Gasteiger partial charge < -0.3 is 5.73 Å². The van der Waals surface area contributed by atoms with Crippen LogP contribution >= 0.6 is 0 Å². The van der Waals surface area contributed by atoms with Gasteiger partial charge >= 0.3 is 0 Å². The number of aryl methyl sites for hydroxylation is 1. The van der Waals surface area contributed by atoms with E-state index in [4.69, 9.17) is 11.0 Å². The second kappa shape index (κ2) is 3.71. The number of carbonyl (C=O) groups excluding carboxylic acids is 2. The van der Waals surface area contributed by atoms with Crippen LogP contribution in [0, 0.1) is 18.3 Å².